The highest BCUT2D eigenvalue weighted by molar-refractivity contribution is 5.29. The molecule has 0 aliphatic carbocycles. The maximum Gasteiger partial charge on any atom is 0.120 e. The average molecular weight is 357 g/mol. The molecule has 0 spiro atoms. The first-order chi connectivity index (χ1) is 12.2. The van der Waals surface area contributed by atoms with Crippen molar-refractivity contribution >= 4 is 0 Å². The lowest BCUT2D eigenvalue weighted by Gasteiger charge is -2.21. The Morgan fingerprint density at radius 1 is 0.769 bits per heavy atom. The summed E-state index contributed by atoms with van der Waals surface area (Å²) in [5, 5.41) is 9.01. The second kappa shape index (κ2) is 10.3. The van der Waals surface area contributed by atoms with E-state index in [0.717, 1.165) is 12.2 Å². The van der Waals surface area contributed by atoms with E-state index in [1.54, 1.807) is 12.1 Å². The standard InChI is InChI=1S/C14H22O.C10H14O/c1-6-11(2)12-7-9-13(10-8-12)15-14(3,4)5;1-3-8(2)9-4-6-10(11)7-5-9/h7-11H,6H2,1-5H3;4-8,11H,3H2,1-2H3. The van der Waals surface area contributed by atoms with Gasteiger partial charge in [0, 0.05) is 0 Å². The highest BCUT2D eigenvalue weighted by Crippen LogP contribution is 2.23. The van der Waals surface area contributed by atoms with Crippen molar-refractivity contribution in [2.45, 2.75) is 78.7 Å². The molecule has 144 valence electrons. The van der Waals surface area contributed by atoms with Gasteiger partial charge in [-0.15, -0.1) is 0 Å². The van der Waals surface area contributed by atoms with Crippen LogP contribution in [0.1, 0.15) is 84.3 Å². The maximum absolute atomic E-state index is 9.01. The Labute approximate surface area is 160 Å². The lowest BCUT2D eigenvalue weighted by atomic mass is 9.99. The number of phenols is 1. The summed E-state index contributed by atoms with van der Waals surface area (Å²) >= 11 is 0. The Morgan fingerprint density at radius 2 is 1.15 bits per heavy atom. The van der Waals surface area contributed by atoms with Gasteiger partial charge in [0.25, 0.3) is 0 Å². The first kappa shape index (κ1) is 22.1. The Kier molecular flexibility index (Phi) is 8.71. The molecule has 2 nitrogen and oxygen atoms in total. The van der Waals surface area contributed by atoms with E-state index in [2.05, 4.69) is 72.7 Å². The minimum atomic E-state index is -0.113. The molecule has 0 aliphatic rings. The number of hydrogen-bond acceptors (Lipinski definition) is 2. The van der Waals surface area contributed by atoms with Crippen LogP contribution in [0.15, 0.2) is 48.5 Å². The van der Waals surface area contributed by atoms with Gasteiger partial charge < -0.3 is 9.84 Å². The van der Waals surface area contributed by atoms with E-state index in [1.165, 1.54) is 17.5 Å². The van der Waals surface area contributed by atoms with Crippen molar-refractivity contribution in [3.05, 3.63) is 59.7 Å². The molecule has 2 aromatic rings. The average Bonchev–Trinajstić information content (AvgIpc) is 2.61. The van der Waals surface area contributed by atoms with Gasteiger partial charge in [-0.3, -0.25) is 0 Å². The van der Waals surface area contributed by atoms with Crippen LogP contribution in [-0.4, -0.2) is 10.7 Å². The smallest absolute Gasteiger partial charge is 0.120 e. The van der Waals surface area contributed by atoms with E-state index in [9.17, 15) is 0 Å². The van der Waals surface area contributed by atoms with Crippen LogP contribution < -0.4 is 4.74 Å². The molecule has 0 bridgehead atoms. The van der Waals surface area contributed by atoms with E-state index in [0.29, 0.717) is 17.6 Å². The zero-order valence-electron chi connectivity index (χ0n) is 17.5. The van der Waals surface area contributed by atoms with Gasteiger partial charge in [0.1, 0.15) is 17.1 Å². The molecule has 0 saturated carbocycles. The van der Waals surface area contributed by atoms with Crippen LogP contribution in [0.25, 0.3) is 0 Å². The molecule has 2 atom stereocenters. The predicted octanol–water partition coefficient (Wildman–Crippen LogP) is 7.28. The van der Waals surface area contributed by atoms with E-state index < -0.39 is 0 Å². The summed E-state index contributed by atoms with van der Waals surface area (Å²) in [5.74, 6) is 2.52. The third-order valence-corrected chi connectivity index (χ3v) is 4.56. The normalized spacial score (nSPS) is 13.3. The fourth-order valence-corrected chi connectivity index (χ4v) is 2.49. The van der Waals surface area contributed by atoms with E-state index in [4.69, 9.17) is 9.84 Å². The lowest BCUT2D eigenvalue weighted by molar-refractivity contribution is 0.131. The van der Waals surface area contributed by atoms with Crippen molar-refractivity contribution < 1.29 is 9.84 Å². The second-order valence-electron chi connectivity index (χ2n) is 7.99. The van der Waals surface area contributed by atoms with Crippen molar-refractivity contribution in [3.8, 4) is 11.5 Å². The molecular weight excluding hydrogens is 320 g/mol. The molecule has 2 aromatic carbocycles. The first-order valence-electron chi connectivity index (χ1n) is 9.74. The fourth-order valence-electron chi connectivity index (χ4n) is 2.49. The quantitative estimate of drug-likeness (QED) is 0.609. The van der Waals surface area contributed by atoms with Gasteiger partial charge in [0.15, 0.2) is 0 Å². The van der Waals surface area contributed by atoms with Crippen molar-refractivity contribution in [2.24, 2.45) is 0 Å². The maximum atomic E-state index is 9.01. The van der Waals surface area contributed by atoms with Crippen LogP contribution in [0, 0.1) is 0 Å². The summed E-state index contributed by atoms with van der Waals surface area (Å²) in [6, 6.07) is 15.9. The largest absolute Gasteiger partial charge is 0.508 e. The molecule has 0 aliphatic heterocycles. The third-order valence-electron chi connectivity index (χ3n) is 4.56. The topological polar surface area (TPSA) is 29.5 Å². The Bertz CT molecular complexity index is 621. The number of aromatic hydroxyl groups is 1. The predicted molar refractivity (Wildman–Crippen MR) is 112 cm³/mol. The van der Waals surface area contributed by atoms with Crippen LogP contribution in [0.2, 0.25) is 0 Å². The molecule has 26 heavy (non-hydrogen) atoms. The Hall–Kier alpha value is -1.96. The molecule has 2 rings (SSSR count). The van der Waals surface area contributed by atoms with Gasteiger partial charge in [-0.2, -0.15) is 0 Å². The zero-order chi connectivity index (χ0) is 19.7. The summed E-state index contributed by atoms with van der Waals surface area (Å²) in [6.45, 7) is 15.0. The molecule has 0 saturated heterocycles. The molecule has 0 heterocycles. The van der Waals surface area contributed by atoms with Gasteiger partial charge in [0.2, 0.25) is 0 Å². The SMILES string of the molecule is CCC(C)c1ccc(O)cc1.CCC(C)c1ccc(OC(C)(C)C)cc1. The summed E-state index contributed by atoms with van der Waals surface area (Å²) in [6.07, 6.45) is 2.32. The summed E-state index contributed by atoms with van der Waals surface area (Å²) in [4.78, 5) is 0. The summed E-state index contributed by atoms with van der Waals surface area (Å²) in [5.41, 5.74) is 2.57. The highest BCUT2D eigenvalue weighted by atomic mass is 16.5. The van der Waals surface area contributed by atoms with Crippen LogP contribution >= 0.6 is 0 Å². The first-order valence-corrected chi connectivity index (χ1v) is 9.74. The number of benzene rings is 2. The van der Waals surface area contributed by atoms with E-state index in [-0.39, 0.29) is 5.60 Å². The third kappa shape index (κ3) is 7.95. The van der Waals surface area contributed by atoms with Gasteiger partial charge in [-0.1, -0.05) is 52.0 Å². The molecule has 1 N–H and O–H groups in total. The van der Waals surface area contributed by atoms with Crippen LogP contribution in [0.3, 0.4) is 0 Å². The number of hydrogen-bond donors (Lipinski definition) is 1. The van der Waals surface area contributed by atoms with Crippen molar-refractivity contribution in [1.29, 1.82) is 0 Å². The molecule has 2 heteroatoms. The lowest BCUT2D eigenvalue weighted by Crippen LogP contribution is -2.22. The van der Waals surface area contributed by atoms with Gasteiger partial charge in [-0.05, 0) is 80.8 Å². The van der Waals surface area contributed by atoms with Gasteiger partial charge in [-0.25, -0.2) is 0 Å². The summed E-state index contributed by atoms with van der Waals surface area (Å²) < 4.78 is 5.77. The monoisotopic (exact) mass is 356 g/mol. The molecular formula is C24H36O2. The van der Waals surface area contributed by atoms with E-state index in [1.807, 2.05) is 12.1 Å². The van der Waals surface area contributed by atoms with Gasteiger partial charge in [0.05, 0.1) is 0 Å². The second-order valence-corrected chi connectivity index (χ2v) is 7.99. The zero-order valence-corrected chi connectivity index (χ0v) is 17.5. The molecule has 0 fully saturated rings. The fraction of sp³-hybridized carbons (Fsp3) is 0.500. The van der Waals surface area contributed by atoms with Crippen molar-refractivity contribution in [2.75, 3.05) is 0 Å². The molecule has 0 radical (unpaired) electrons. The minimum absolute atomic E-state index is 0.113. The Morgan fingerprint density at radius 3 is 1.50 bits per heavy atom. The van der Waals surface area contributed by atoms with Crippen LogP contribution in [0.4, 0.5) is 0 Å². The van der Waals surface area contributed by atoms with Gasteiger partial charge >= 0.3 is 0 Å². The number of phenolic OH excluding ortho intramolecular Hbond substituents is 1. The van der Waals surface area contributed by atoms with Crippen LogP contribution in [-0.2, 0) is 0 Å². The highest BCUT2D eigenvalue weighted by Gasteiger charge is 2.11. The number of ether oxygens (including phenoxy) is 1. The van der Waals surface area contributed by atoms with Crippen molar-refractivity contribution in [3.63, 3.8) is 0 Å². The molecule has 2 unspecified atom stereocenters. The van der Waals surface area contributed by atoms with E-state index >= 15 is 0 Å². The summed E-state index contributed by atoms with van der Waals surface area (Å²) in [7, 11) is 0. The van der Waals surface area contributed by atoms with Crippen molar-refractivity contribution in [1.82, 2.24) is 0 Å². The van der Waals surface area contributed by atoms with Crippen LogP contribution in [0.5, 0.6) is 11.5 Å². The molecule has 0 amide bonds. The molecule has 0 aromatic heterocycles. The Balaban J connectivity index is 0.000000273. The number of rotatable bonds is 5. The minimum Gasteiger partial charge on any atom is -0.508 e.